The first-order valence-electron chi connectivity index (χ1n) is 8.26. The zero-order chi connectivity index (χ0) is 19.4. The van der Waals surface area contributed by atoms with Crippen molar-refractivity contribution in [2.75, 3.05) is 18.5 Å². The minimum atomic E-state index is -1.05. The molecule has 0 aliphatic carbocycles. The zero-order valence-corrected chi connectivity index (χ0v) is 15.2. The highest BCUT2D eigenvalue weighted by molar-refractivity contribution is 6.33. The number of carbonyl (C=O) groups is 2. The van der Waals surface area contributed by atoms with Crippen molar-refractivity contribution in [2.24, 2.45) is 0 Å². The summed E-state index contributed by atoms with van der Waals surface area (Å²) in [5.41, 5.74) is 0.913. The number of rotatable bonds is 5. The number of amides is 1. The van der Waals surface area contributed by atoms with Gasteiger partial charge in [-0.1, -0.05) is 17.7 Å². The average molecular weight is 394 g/mol. The summed E-state index contributed by atoms with van der Waals surface area (Å²) in [7, 11) is 0. The Morgan fingerprint density at radius 1 is 1.19 bits per heavy atom. The van der Waals surface area contributed by atoms with E-state index in [0.717, 1.165) is 6.07 Å². The molecule has 0 saturated carbocycles. The van der Waals surface area contributed by atoms with Gasteiger partial charge in [-0.05, 0) is 42.8 Å². The Hall–Kier alpha value is -2.80. The highest BCUT2D eigenvalue weighted by atomic mass is 35.5. The van der Waals surface area contributed by atoms with Crippen LogP contribution in [0.1, 0.15) is 12.5 Å². The van der Waals surface area contributed by atoms with Gasteiger partial charge in [-0.15, -0.1) is 0 Å². The van der Waals surface area contributed by atoms with Crippen molar-refractivity contribution in [3.63, 3.8) is 0 Å². The fraction of sp³-hybridized carbons (Fsp3) is 0.263. The second-order valence-electron chi connectivity index (χ2n) is 5.90. The maximum Gasteiger partial charge on any atom is 0.311 e. The first-order valence-corrected chi connectivity index (χ1v) is 8.64. The Morgan fingerprint density at radius 3 is 2.67 bits per heavy atom. The Kier molecular flexibility index (Phi) is 5.81. The van der Waals surface area contributed by atoms with Gasteiger partial charge < -0.3 is 19.5 Å². The molecule has 0 spiro atoms. The van der Waals surface area contributed by atoms with Gasteiger partial charge >= 0.3 is 5.97 Å². The van der Waals surface area contributed by atoms with E-state index >= 15 is 0 Å². The van der Waals surface area contributed by atoms with Crippen LogP contribution in [0.25, 0.3) is 0 Å². The topological polar surface area (TPSA) is 73.9 Å². The normalized spacial score (nSPS) is 13.6. The van der Waals surface area contributed by atoms with Crippen molar-refractivity contribution >= 4 is 29.2 Å². The van der Waals surface area contributed by atoms with Gasteiger partial charge in [0.25, 0.3) is 5.91 Å². The second-order valence-corrected chi connectivity index (χ2v) is 6.31. The molecule has 0 saturated heterocycles. The predicted molar refractivity (Wildman–Crippen MR) is 96.7 cm³/mol. The van der Waals surface area contributed by atoms with Gasteiger partial charge in [0.15, 0.2) is 17.6 Å². The van der Waals surface area contributed by atoms with E-state index in [1.807, 2.05) is 0 Å². The minimum absolute atomic E-state index is 0.0223. The van der Waals surface area contributed by atoms with Crippen molar-refractivity contribution in [1.82, 2.24) is 0 Å². The van der Waals surface area contributed by atoms with Gasteiger partial charge in [-0.3, -0.25) is 9.59 Å². The molecule has 1 amide bonds. The number of fused-ring (bicyclic) bond motifs is 1. The summed E-state index contributed by atoms with van der Waals surface area (Å²) in [4.78, 5) is 24.3. The number of carbonyl (C=O) groups excluding carboxylic acids is 2. The SMILES string of the molecule is CC(OC(=O)Cc1ccc2c(c1)OCCO2)C(=O)Nc1ccc(F)cc1Cl. The maximum atomic E-state index is 13.0. The van der Waals surface area contributed by atoms with E-state index in [1.165, 1.54) is 19.1 Å². The second kappa shape index (κ2) is 8.26. The van der Waals surface area contributed by atoms with Gasteiger partial charge in [0.1, 0.15) is 19.0 Å². The number of hydrogen-bond acceptors (Lipinski definition) is 5. The highest BCUT2D eigenvalue weighted by Gasteiger charge is 2.20. The molecule has 1 aliphatic heterocycles. The lowest BCUT2D eigenvalue weighted by atomic mass is 10.1. The van der Waals surface area contributed by atoms with Crippen LogP contribution in [0.15, 0.2) is 36.4 Å². The fourth-order valence-corrected chi connectivity index (χ4v) is 2.70. The number of anilines is 1. The zero-order valence-electron chi connectivity index (χ0n) is 14.5. The van der Waals surface area contributed by atoms with Gasteiger partial charge in [-0.2, -0.15) is 0 Å². The minimum Gasteiger partial charge on any atom is -0.486 e. The van der Waals surface area contributed by atoms with Crippen LogP contribution in [-0.2, 0) is 20.7 Å². The summed E-state index contributed by atoms with van der Waals surface area (Å²) in [5, 5.41) is 2.55. The molecule has 2 aromatic rings. The predicted octanol–water partition coefficient (Wildman–Crippen LogP) is 3.36. The lowest BCUT2D eigenvalue weighted by molar-refractivity contribution is -0.152. The number of nitrogens with one attached hydrogen (secondary N) is 1. The monoisotopic (exact) mass is 393 g/mol. The number of hydrogen-bond donors (Lipinski definition) is 1. The average Bonchev–Trinajstić information content (AvgIpc) is 2.63. The van der Waals surface area contributed by atoms with Crippen LogP contribution in [0.2, 0.25) is 5.02 Å². The highest BCUT2D eigenvalue weighted by Crippen LogP contribution is 2.31. The summed E-state index contributed by atoms with van der Waals surface area (Å²) >= 11 is 5.86. The quantitative estimate of drug-likeness (QED) is 0.788. The molecule has 3 rings (SSSR count). The molecule has 0 fully saturated rings. The molecule has 1 aliphatic rings. The molecular weight excluding hydrogens is 377 g/mol. The number of halogens is 2. The van der Waals surface area contributed by atoms with Crippen LogP contribution in [0.5, 0.6) is 11.5 Å². The third kappa shape index (κ3) is 4.89. The Balaban J connectivity index is 1.56. The maximum absolute atomic E-state index is 13.0. The molecule has 142 valence electrons. The Bertz CT molecular complexity index is 873. The lowest BCUT2D eigenvalue weighted by Crippen LogP contribution is -2.30. The molecule has 2 aromatic carbocycles. The number of esters is 1. The van der Waals surface area contributed by atoms with Crippen molar-refractivity contribution in [1.29, 1.82) is 0 Å². The fourth-order valence-electron chi connectivity index (χ4n) is 2.48. The van der Waals surface area contributed by atoms with Crippen LogP contribution in [0, 0.1) is 5.82 Å². The molecular formula is C19H17ClFNO5. The summed E-state index contributed by atoms with van der Waals surface area (Å²) < 4.78 is 29.1. The van der Waals surface area contributed by atoms with E-state index in [9.17, 15) is 14.0 Å². The van der Waals surface area contributed by atoms with E-state index in [2.05, 4.69) is 5.32 Å². The smallest absolute Gasteiger partial charge is 0.311 e. The lowest BCUT2D eigenvalue weighted by Gasteiger charge is -2.19. The van der Waals surface area contributed by atoms with E-state index in [0.29, 0.717) is 30.3 Å². The van der Waals surface area contributed by atoms with E-state index in [1.54, 1.807) is 18.2 Å². The van der Waals surface area contributed by atoms with Crippen molar-refractivity contribution in [3.05, 3.63) is 52.8 Å². The van der Waals surface area contributed by atoms with Gasteiger partial charge in [0, 0.05) is 0 Å². The molecule has 8 heteroatoms. The van der Waals surface area contributed by atoms with Crippen molar-refractivity contribution in [2.45, 2.75) is 19.4 Å². The summed E-state index contributed by atoms with van der Waals surface area (Å²) in [6, 6.07) is 8.75. The molecule has 6 nitrogen and oxygen atoms in total. The van der Waals surface area contributed by atoms with Crippen molar-refractivity contribution in [3.8, 4) is 11.5 Å². The third-order valence-electron chi connectivity index (χ3n) is 3.82. The van der Waals surface area contributed by atoms with Crippen LogP contribution >= 0.6 is 11.6 Å². The molecule has 1 atom stereocenters. The summed E-state index contributed by atoms with van der Waals surface area (Å²) in [6.45, 7) is 2.37. The number of ether oxygens (including phenoxy) is 3. The molecule has 1 unspecified atom stereocenters. The van der Waals surface area contributed by atoms with E-state index in [4.69, 9.17) is 25.8 Å². The molecule has 1 N–H and O–H groups in total. The molecule has 0 aromatic heterocycles. The molecule has 0 bridgehead atoms. The van der Waals surface area contributed by atoms with E-state index in [-0.39, 0.29) is 17.1 Å². The molecule has 27 heavy (non-hydrogen) atoms. The van der Waals surface area contributed by atoms with Crippen LogP contribution < -0.4 is 14.8 Å². The molecule has 0 radical (unpaired) electrons. The summed E-state index contributed by atoms with van der Waals surface area (Å²) in [6.07, 6.45) is -1.07. The van der Waals surface area contributed by atoms with Gasteiger partial charge in [-0.25, -0.2) is 4.39 Å². The Labute approximate surface area is 160 Å². The van der Waals surface area contributed by atoms with E-state index < -0.39 is 23.8 Å². The summed E-state index contributed by atoms with van der Waals surface area (Å²) in [5.74, 6) is -0.457. The Morgan fingerprint density at radius 2 is 1.93 bits per heavy atom. The first-order chi connectivity index (χ1) is 12.9. The van der Waals surface area contributed by atoms with Gasteiger partial charge in [0.2, 0.25) is 0 Å². The standard InChI is InChI=1S/C19H17ClFNO5/c1-11(19(24)22-15-4-3-13(21)10-14(15)20)27-18(23)9-12-2-5-16-17(8-12)26-7-6-25-16/h2-5,8,10-11H,6-7,9H2,1H3,(H,22,24). The van der Waals surface area contributed by atoms with Crippen LogP contribution in [-0.4, -0.2) is 31.2 Å². The number of benzene rings is 2. The first kappa shape index (κ1) is 19.0. The molecule has 1 heterocycles. The third-order valence-corrected chi connectivity index (χ3v) is 4.13. The van der Waals surface area contributed by atoms with Gasteiger partial charge in [0.05, 0.1) is 17.1 Å². The largest absolute Gasteiger partial charge is 0.486 e. The van der Waals surface area contributed by atoms with Crippen LogP contribution in [0.3, 0.4) is 0 Å². The van der Waals surface area contributed by atoms with Crippen molar-refractivity contribution < 1.29 is 28.2 Å². The van der Waals surface area contributed by atoms with Crippen LogP contribution in [0.4, 0.5) is 10.1 Å².